The van der Waals surface area contributed by atoms with Gasteiger partial charge in [0.1, 0.15) is 6.33 Å². The van der Waals surface area contributed by atoms with Crippen LogP contribution in [0.25, 0.3) is 11.4 Å². The van der Waals surface area contributed by atoms with Gasteiger partial charge in [0.2, 0.25) is 0 Å². The molecular formula is C19H20N4S. The monoisotopic (exact) mass is 336 g/mol. The van der Waals surface area contributed by atoms with Crippen molar-refractivity contribution in [3.05, 3.63) is 59.8 Å². The van der Waals surface area contributed by atoms with Crippen LogP contribution in [0, 0.1) is 18.3 Å². The summed E-state index contributed by atoms with van der Waals surface area (Å²) < 4.78 is 1.80. The lowest BCUT2D eigenvalue weighted by Crippen LogP contribution is -2.33. The lowest BCUT2D eigenvalue weighted by atomic mass is 9.94. The van der Waals surface area contributed by atoms with Crippen molar-refractivity contribution in [1.29, 1.82) is 0 Å². The molecule has 0 fully saturated rings. The van der Waals surface area contributed by atoms with Crippen LogP contribution < -0.4 is 5.32 Å². The fourth-order valence-corrected chi connectivity index (χ4v) is 3.29. The predicted molar refractivity (Wildman–Crippen MR) is 100 cm³/mol. The van der Waals surface area contributed by atoms with E-state index in [1.165, 1.54) is 4.91 Å². The summed E-state index contributed by atoms with van der Waals surface area (Å²) in [6.07, 6.45) is 14.7. The van der Waals surface area contributed by atoms with Crippen LogP contribution in [0.1, 0.15) is 13.3 Å². The maximum Gasteiger partial charge on any atom is 0.182 e. The molecule has 0 bridgehead atoms. The van der Waals surface area contributed by atoms with E-state index >= 15 is 0 Å². The van der Waals surface area contributed by atoms with E-state index in [1.807, 2.05) is 30.3 Å². The number of rotatable bonds is 6. The number of terminal acetylenes is 1. The van der Waals surface area contributed by atoms with E-state index in [4.69, 9.17) is 6.42 Å². The maximum atomic E-state index is 5.30. The average molecular weight is 336 g/mol. The van der Waals surface area contributed by atoms with Crippen molar-refractivity contribution in [2.24, 2.45) is 5.92 Å². The van der Waals surface area contributed by atoms with E-state index in [0.717, 1.165) is 17.8 Å². The topological polar surface area (TPSA) is 42.7 Å². The Morgan fingerprint density at radius 3 is 2.96 bits per heavy atom. The Hall–Kier alpha value is -2.29. The lowest BCUT2D eigenvalue weighted by molar-refractivity contribution is 0.455. The minimum Gasteiger partial charge on any atom is -0.303 e. The zero-order chi connectivity index (χ0) is 16.8. The Morgan fingerprint density at radius 1 is 1.42 bits per heavy atom. The summed E-state index contributed by atoms with van der Waals surface area (Å²) in [5.74, 6) is 3.84. The van der Waals surface area contributed by atoms with Crippen molar-refractivity contribution >= 4 is 11.9 Å². The Morgan fingerprint density at radius 2 is 2.25 bits per heavy atom. The first-order chi connectivity index (χ1) is 11.8. The van der Waals surface area contributed by atoms with Gasteiger partial charge in [-0.3, -0.25) is 0 Å². The van der Waals surface area contributed by atoms with Gasteiger partial charge in [0.15, 0.2) is 5.82 Å². The second kappa shape index (κ2) is 8.00. The van der Waals surface area contributed by atoms with Crippen LogP contribution in [-0.4, -0.2) is 26.8 Å². The molecule has 0 radical (unpaired) electrons. The lowest BCUT2D eigenvalue weighted by Gasteiger charge is -2.22. The third-order valence-corrected chi connectivity index (χ3v) is 4.85. The molecule has 1 aliphatic rings. The molecule has 1 aromatic heterocycles. The van der Waals surface area contributed by atoms with Crippen LogP contribution in [0.5, 0.6) is 0 Å². The maximum absolute atomic E-state index is 5.30. The van der Waals surface area contributed by atoms with E-state index in [-0.39, 0.29) is 0 Å². The minimum atomic E-state index is 0.371. The smallest absolute Gasteiger partial charge is 0.182 e. The van der Waals surface area contributed by atoms with Gasteiger partial charge in [0, 0.05) is 28.5 Å². The van der Waals surface area contributed by atoms with Gasteiger partial charge in [-0.1, -0.05) is 54.5 Å². The first kappa shape index (κ1) is 16.6. The van der Waals surface area contributed by atoms with Crippen LogP contribution in [0.2, 0.25) is 0 Å². The van der Waals surface area contributed by atoms with Gasteiger partial charge in [-0.25, -0.2) is 4.98 Å². The summed E-state index contributed by atoms with van der Waals surface area (Å²) in [4.78, 5) is 5.56. The van der Waals surface area contributed by atoms with Gasteiger partial charge in [-0.2, -0.15) is 4.09 Å². The average Bonchev–Trinajstić information content (AvgIpc) is 3.09. The van der Waals surface area contributed by atoms with Crippen molar-refractivity contribution < 1.29 is 0 Å². The van der Waals surface area contributed by atoms with Crippen molar-refractivity contribution in [2.45, 2.75) is 19.4 Å². The van der Waals surface area contributed by atoms with Crippen LogP contribution in [0.3, 0.4) is 0 Å². The molecule has 24 heavy (non-hydrogen) atoms. The fourth-order valence-electron chi connectivity index (χ4n) is 2.55. The summed E-state index contributed by atoms with van der Waals surface area (Å²) in [7, 11) is 0. The molecule has 0 amide bonds. The second-order valence-electron chi connectivity index (χ2n) is 5.67. The molecule has 1 aliphatic carbocycles. The number of benzene rings is 1. The van der Waals surface area contributed by atoms with Gasteiger partial charge in [0.05, 0.1) is 6.54 Å². The molecule has 1 unspecified atom stereocenters. The van der Waals surface area contributed by atoms with E-state index < -0.39 is 0 Å². The van der Waals surface area contributed by atoms with E-state index in [1.54, 1.807) is 22.4 Å². The molecule has 122 valence electrons. The first-order valence-corrected chi connectivity index (χ1v) is 8.74. The Kier molecular flexibility index (Phi) is 5.52. The summed E-state index contributed by atoms with van der Waals surface area (Å²) in [6.45, 7) is 2.78. The number of allylic oxidation sites excluding steroid dienone is 2. The number of aromatic nitrogens is 3. The zero-order valence-corrected chi connectivity index (χ0v) is 14.4. The summed E-state index contributed by atoms with van der Waals surface area (Å²) in [6, 6.07) is 10.4. The molecule has 1 heterocycles. The molecule has 1 N–H and O–H groups in total. The summed E-state index contributed by atoms with van der Waals surface area (Å²) in [5.41, 5.74) is 1.03. The van der Waals surface area contributed by atoms with Crippen molar-refractivity contribution in [3.8, 4) is 23.7 Å². The van der Waals surface area contributed by atoms with E-state index in [2.05, 4.69) is 46.5 Å². The predicted octanol–water partition coefficient (Wildman–Crippen LogP) is 3.51. The third-order valence-electron chi connectivity index (χ3n) is 3.97. The summed E-state index contributed by atoms with van der Waals surface area (Å²) >= 11 is 1.58. The summed E-state index contributed by atoms with van der Waals surface area (Å²) in [5, 5.41) is 7.87. The number of hydrogen-bond acceptors (Lipinski definition) is 4. The molecule has 0 saturated heterocycles. The number of nitrogens with zero attached hydrogens (tertiary/aromatic N) is 3. The van der Waals surface area contributed by atoms with Gasteiger partial charge < -0.3 is 5.32 Å². The van der Waals surface area contributed by atoms with Crippen LogP contribution >= 0.6 is 11.9 Å². The van der Waals surface area contributed by atoms with Crippen molar-refractivity contribution in [2.75, 3.05) is 6.54 Å². The van der Waals surface area contributed by atoms with Crippen LogP contribution in [-0.2, 0) is 0 Å². The van der Waals surface area contributed by atoms with Crippen LogP contribution in [0.4, 0.5) is 0 Å². The number of nitrogens with one attached hydrogen (secondary N) is 1. The Labute approximate surface area is 147 Å². The molecule has 0 aliphatic heterocycles. The molecule has 5 heteroatoms. The van der Waals surface area contributed by atoms with E-state index in [0.29, 0.717) is 18.5 Å². The first-order valence-electron chi connectivity index (χ1n) is 7.97. The Balaban J connectivity index is 1.58. The quantitative estimate of drug-likeness (QED) is 0.820. The highest BCUT2D eigenvalue weighted by atomic mass is 32.2. The molecular weight excluding hydrogens is 316 g/mol. The highest BCUT2D eigenvalue weighted by molar-refractivity contribution is 8.01. The molecule has 2 atom stereocenters. The molecule has 0 saturated carbocycles. The van der Waals surface area contributed by atoms with Crippen molar-refractivity contribution in [1.82, 2.24) is 19.5 Å². The van der Waals surface area contributed by atoms with Gasteiger partial charge in [0.25, 0.3) is 0 Å². The molecule has 1 aromatic carbocycles. The Bertz CT molecular complexity index is 770. The molecule has 4 nitrogen and oxygen atoms in total. The van der Waals surface area contributed by atoms with Crippen molar-refractivity contribution in [3.63, 3.8) is 0 Å². The van der Waals surface area contributed by atoms with Crippen LogP contribution in [0.15, 0.2) is 59.8 Å². The van der Waals surface area contributed by atoms with Gasteiger partial charge in [-0.15, -0.1) is 11.5 Å². The largest absolute Gasteiger partial charge is 0.303 e. The highest BCUT2D eigenvalue weighted by Gasteiger charge is 2.16. The zero-order valence-electron chi connectivity index (χ0n) is 13.6. The SMILES string of the molecule is C#CCNC(C)[C@H]1C=CC(Sn2cnc(-c3ccccc3)n2)=CC1. The highest BCUT2D eigenvalue weighted by Crippen LogP contribution is 2.27. The standard InChI is InChI=1S/C19H20N4S/c1-3-13-20-15(2)16-9-11-18(12-10-16)24-23-14-21-19(22-23)17-7-5-4-6-8-17/h1,4-9,11-12,14-16,20H,10,13H2,2H3/t15?,16-/m0/s1. The number of hydrogen-bond donors (Lipinski definition) is 1. The minimum absolute atomic E-state index is 0.371. The molecule has 2 aromatic rings. The second-order valence-corrected chi connectivity index (χ2v) is 6.69. The normalized spacial score (nSPS) is 18.0. The molecule has 3 rings (SSSR count). The van der Waals surface area contributed by atoms with E-state index in [9.17, 15) is 0 Å². The third kappa shape index (κ3) is 4.16. The van der Waals surface area contributed by atoms with Gasteiger partial charge in [-0.05, 0) is 19.3 Å². The fraction of sp³-hybridized carbons (Fsp3) is 0.263. The van der Waals surface area contributed by atoms with Gasteiger partial charge >= 0.3 is 0 Å². The molecule has 0 spiro atoms.